The summed E-state index contributed by atoms with van der Waals surface area (Å²) in [6.07, 6.45) is 1.54. The molecule has 2 atom stereocenters. The molecule has 0 saturated carbocycles. The first-order valence-electron chi connectivity index (χ1n) is 7.98. The summed E-state index contributed by atoms with van der Waals surface area (Å²) in [5.41, 5.74) is 0.896. The van der Waals surface area contributed by atoms with E-state index < -0.39 is 0 Å². The van der Waals surface area contributed by atoms with Gasteiger partial charge in [-0.15, -0.1) is 0 Å². The van der Waals surface area contributed by atoms with Crippen molar-refractivity contribution in [1.82, 2.24) is 15.5 Å². The summed E-state index contributed by atoms with van der Waals surface area (Å²) >= 11 is 6.28. The fraction of sp³-hybridized carbons (Fsp3) is 0.529. The van der Waals surface area contributed by atoms with Crippen LogP contribution in [0.1, 0.15) is 38.3 Å². The number of carbonyl (C=O) groups is 2. The number of likely N-dealkylation sites (N-methyl/N-ethyl adjacent to an activating group) is 1. The number of nitrogens with one attached hydrogen (secondary N) is 2. The van der Waals surface area contributed by atoms with Crippen LogP contribution in [0.5, 0.6) is 0 Å². The number of benzene rings is 1. The molecule has 2 rings (SSSR count). The number of halogens is 1. The van der Waals surface area contributed by atoms with E-state index >= 15 is 0 Å². The number of amides is 3. The quantitative estimate of drug-likeness (QED) is 0.887. The van der Waals surface area contributed by atoms with E-state index in [1.807, 2.05) is 38.1 Å². The molecule has 0 aliphatic carbocycles. The SMILES string of the molecule is CNC(=O)C1CCCN1C(=O)NC(c1ccccc1Cl)C(C)C. The van der Waals surface area contributed by atoms with Crippen molar-refractivity contribution < 1.29 is 9.59 Å². The summed E-state index contributed by atoms with van der Waals surface area (Å²) in [7, 11) is 1.59. The van der Waals surface area contributed by atoms with E-state index in [0.29, 0.717) is 18.0 Å². The Morgan fingerprint density at radius 3 is 2.61 bits per heavy atom. The monoisotopic (exact) mass is 337 g/mol. The highest BCUT2D eigenvalue weighted by Gasteiger charge is 2.35. The molecule has 23 heavy (non-hydrogen) atoms. The average molecular weight is 338 g/mol. The van der Waals surface area contributed by atoms with Crippen LogP contribution in [-0.2, 0) is 4.79 Å². The fourth-order valence-corrected chi connectivity index (χ4v) is 3.25. The van der Waals surface area contributed by atoms with Gasteiger partial charge in [0.15, 0.2) is 0 Å². The Morgan fingerprint density at radius 1 is 1.30 bits per heavy atom. The van der Waals surface area contributed by atoms with Gasteiger partial charge in [0.25, 0.3) is 0 Å². The molecule has 0 bridgehead atoms. The number of hydrogen-bond donors (Lipinski definition) is 2. The Morgan fingerprint density at radius 2 is 2.00 bits per heavy atom. The van der Waals surface area contributed by atoms with E-state index in [1.165, 1.54) is 0 Å². The molecule has 1 heterocycles. The summed E-state index contributed by atoms with van der Waals surface area (Å²) in [4.78, 5) is 26.2. The number of carbonyl (C=O) groups excluding carboxylic acids is 2. The molecular weight excluding hydrogens is 314 g/mol. The van der Waals surface area contributed by atoms with Crippen LogP contribution in [0.25, 0.3) is 0 Å². The molecule has 1 aliphatic rings. The van der Waals surface area contributed by atoms with E-state index in [1.54, 1.807) is 11.9 Å². The van der Waals surface area contributed by atoms with Gasteiger partial charge in [-0.25, -0.2) is 4.79 Å². The fourth-order valence-electron chi connectivity index (χ4n) is 3.00. The molecule has 0 spiro atoms. The third-order valence-electron chi connectivity index (χ3n) is 4.25. The lowest BCUT2D eigenvalue weighted by Crippen LogP contribution is -2.50. The first-order chi connectivity index (χ1) is 11.0. The molecule has 1 aromatic rings. The predicted molar refractivity (Wildman–Crippen MR) is 91.4 cm³/mol. The van der Waals surface area contributed by atoms with Crippen molar-refractivity contribution >= 4 is 23.5 Å². The Bertz CT molecular complexity index is 577. The third kappa shape index (κ3) is 3.96. The molecule has 126 valence electrons. The Labute approximate surface area is 142 Å². The third-order valence-corrected chi connectivity index (χ3v) is 4.59. The van der Waals surface area contributed by atoms with Gasteiger partial charge in [0.2, 0.25) is 5.91 Å². The molecule has 0 aromatic heterocycles. The number of nitrogens with zero attached hydrogens (tertiary/aromatic N) is 1. The molecular formula is C17H24ClN3O2. The van der Waals surface area contributed by atoms with E-state index in [0.717, 1.165) is 12.0 Å². The molecule has 6 heteroatoms. The van der Waals surface area contributed by atoms with Crippen LogP contribution in [0.4, 0.5) is 4.79 Å². The summed E-state index contributed by atoms with van der Waals surface area (Å²) in [6, 6.07) is 6.73. The Balaban J connectivity index is 2.16. The molecule has 5 nitrogen and oxygen atoms in total. The molecule has 2 unspecified atom stereocenters. The van der Waals surface area contributed by atoms with E-state index in [-0.39, 0.29) is 29.9 Å². The van der Waals surface area contributed by atoms with Crippen LogP contribution in [0.3, 0.4) is 0 Å². The molecule has 2 N–H and O–H groups in total. The first kappa shape index (κ1) is 17.6. The molecule has 1 aromatic carbocycles. The van der Waals surface area contributed by atoms with Crippen LogP contribution >= 0.6 is 11.6 Å². The van der Waals surface area contributed by atoms with Gasteiger partial charge in [0.1, 0.15) is 6.04 Å². The Hall–Kier alpha value is -1.75. The highest BCUT2D eigenvalue weighted by molar-refractivity contribution is 6.31. The van der Waals surface area contributed by atoms with Crippen molar-refractivity contribution in [3.8, 4) is 0 Å². The van der Waals surface area contributed by atoms with Crippen molar-refractivity contribution in [3.63, 3.8) is 0 Å². The van der Waals surface area contributed by atoms with Crippen molar-refractivity contribution in [2.45, 2.75) is 38.8 Å². The predicted octanol–water partition coefficient (Wildman–Crippen LogP) is 2.96. The lowest BCUT2D eigenvalue weighted by atomic mass is 9.96. The maximum atomic E-state index is 12.7. The van der Waals surface area contributed by atoms with E-state index in [9.17, 15) is 9.59 Å². The first-order valence-corrected chi connectivity index (χ1v) is 8.36. The largest absolute Gasteiger partial charge is 0.357 e. The Kier molecular flexibility index (Phi) is 5.88. The van der Waals surface area contributed by atoms with Gasteiger partial charge in [0.05, 0.1) is 6.04 Å². The van der Waals surface area contributed by atoms with Gasteiger partial charge in [-0.2, -0.15) is 0 Å². The van der Waals surface area contributed by atoms with Crippen LogP contribution in [0.2, 0.25) is 5.02 Å². The van der Waals surface area contributed by atoms with Gasteiger partial charge in [0, 0.05) is 18.6 Å². The molecule has 1 aliphatic heterocycles. The minimum Gasteiger partial charge on any atom is -0.357 e. The normalized spacial score (nSPS) is 18.8. The number of urea groups is 1. The van der Waals surface area contributed by atoms with Crippen LogP contribution in [-0.4, -0.2) is 36.5 Å². The van der Waals surface area contributed by atoms with Gasteiger partial charge in [-0.05, 0) is 30.4 Å². The van der Waals surface area contributed by atoms with Crippen molar-refractivity contribution in [3.05, 3.63) is 34.9 Å². The van der Waals surface area contributed by atoms with Gasteiger partial charge >= 0.3 is 6.03 Å². The topological polar surface area (TPSA) is 61.4 Å². The number of hydrogen-bond acceptors (Lipinski definition) is 2. The maximum Gasteiger partial charge on any atom is 0.318 e. The van der Waals surface area contributed by atoms with Gasteiger partial charge < -0.3 is 15.5 Å². The van der Waals surface area contributed by atoms with Crippen LogP contribution in [0, 0.1) is 5.92 Å². The van der Waals surface area contributed by atoms with E-state index in [4.69, 9.17) is 11.6 Å². The van der Waals surface area contributed by atoms with Crippen molar-refractivity contribution in [2.24, 2.45) is 5.92 Å². The second-order valence-electron chi connectivity index (χ2n) is 6.16. The second-order valence-corrected chi connectivity index (χ2v) is 6.57. The minimum atomic E-state index is -0.390. The minimum absolute atomic E-state index is 0.114. The second kappa shape index (κ2) is 7.68. The zero-order valence-corrected chi connectivity index (χ0v) is 14.6. The smallest absolute Gasteiger partial charge is 0.318 e. The zero-order chi connectivity index (χ0) is 17.0. The van der Waals surface area contributed by atoms with Crippen molar-refractivity contribution in [2.75, 3.05) is 13.6 Å². The highest BCUT2D eigenvalue weighted by atomic mass is 35.5. The lowest BCUT2D eigenvalue weighted by molar-refractivity contribution is -0.124. The summed E-state index contributed by atoms with van der Waals surface area (Å²) in [6.45, 7) is 4.67. The molecule has 1 saturated heterocycles. The van der Waals surface area contributed by atoms with Crippen molar-refractivity contribution in [1.29, 1.82) is 0 Å². The summed E-state index contributed by atoms with van der Waals surface area (Å²) in [5.74, 6) is 0.0661. The molecule has 1 fully saturated rings. The van der Waals surface area contributed by atoms with Gasteiger partial charge in [-0.3, -0.25) is 4.79 Å². The molecule has 0 radical (unpaired) electrons. The maximum absolute atomic E-state index is 12.7. The molecule has 3 amide bonds. The number of rotatable bonds is 4. The summed E-state index contributed by atoms with van der Waals surface area (Å²) < 4.78 is 0. The van der Waals surface area contributed by atoms with Crippen LogP contribution in [0.15, 0.2) is 24.3 Å². The highest BCUT2D eigenvalue weighted by Crippen LogP contribution is 2.29. The summed E-state index contributed by atoms with van der Waals surface area (Å²) in [5, 5.41) is 6.31. The zero-order valence-electron chi connectivity index (χ0n) is 13.8. The number of likely N-dealkylation sites (tertiary alicyclic amines) is 1. The van der Waals surface area contributed by atoms with Crippen LogP contribution < -0.4 is 10.6 Å². The van der Waals surface area contributed by atoms with E-state index in [2.05, 4.69) is 10.6 Å². The standard InChI is InChI=1S/C17H24ClN3O2/c1-11(2)15(12-7-4-5-8-13(12)18)20-17(23)21-10-6-9-14(21)16(22)19-3/h4-5,7-8,11,14-15H,6,9-10H2,1-3H3,(H,19,22)(H,20,23). The lowest BCUT2D eigenvalue weighted by Gasteiger charge is -2.29. The average Bonchev–Trinajstić information content (AvgIpc) is 3.02. The van der Waals surface area contributed by atoms with Gasteiger partial charge in [-0.1, -0.05) is 43.6 Å².